The molecule has 1 fully saturated rings. The van der Waals surface area contributed by atoms with Crippen molar-refractivity contribution in [3.05, 3.63) is 59.9 Å². The molecule has 1 aliphatic rings. The maximum absolute atomic E-state index is 13.1. The van der Waals surface area contributed by atoms with E-state index in [4.69, 9.17) is 5.73 Å². The van der Waals surface area contributed by atoms with Crippen molar-refractivity contribution in [1.82, 2.24) is 25.5 Å². The first kappa shape index (κ1) is 20.9. The Bertz CT molecular complexity index is 1060. The third kappa shape index (κ3) is 4.86. The maximum atomic E-state index is 13.1. The molecule has 3 heterocycles. The third-order valence-corrected chi connectivity index (χ3v) is 5.87. The smallest absolute Gasteiger partial charge is 0.243 e. The average molecular weight is 421 g/mol. The molecule has 0 spiro atoms. The van der Waals surface area contributed by atoms with Gasteiger partial charge in [0.2, 0.25) is 11.8 Å². The van der Waals surface area contributed by atoms with Crippen LogP contribution in [0.3, 0.4) is 0 Å². The second kappa shape index (κ2) is 9.18. The van der Waals surface area contributed by atoms with Crippen molar-refractivity contribution in [3.8, 4) is 0 Å². The predicted molar refractivity (Wildman–Crippen MR) is 120 cm³/mol. The molecule has 1 aliphatic heterocycles. The number of hydrogen-bond donors (Lipinski definition) is 4. The number of para-hydroxylation sites is 1. The van der Waals surface area contributed by atoms with E-state index < -0.39 is 6.04 Å². The molecule has 3 aromatic rings. The molecule has 31 heavy (non-hydrogen) atoms. The normalized spacial score (nSPS) is 17.5. The minimum Gasteiger partial charge on any atom is -0.384 e. The van der Waals surface area contributed by atoms with Gasteiger partial charge in [0.15, 0.2) is 0 Å². The number of rotatable bonds is 7. The number of nitrogens with zero attached hydrogens (tertiary/aromatic N) is 2. The SMILES string of the molecule is CN1CCC[C@@H]1C(=O)N[C@@H](Cc1c[nH]c2ccccc12)C(=O)NCc1ccc(N)nc1. The zero-order valence-corrected chi connectivity index (χ0v) is 17.6. The number of aromatic nitrogens is 2. The Hall–Kier alpha value is -3.39. The van der Waals surface area contributed by atoms with Crippen molar-refractivity contribution in [2.24, 2.45) is 0 Å². The Morgan fingerprint density at radius 1 is 1.29 bits per heavy atom. The number of nitrogen functional groups attached to an aromatic ring is 1. The molecule has 162 valence electrons. The first-order valence-corrected chi connectivity index (χ1v) is 10.5. The molecule has 0 radical (unpaired) electrons. The van der Waals surface area contributed by atoms with Crippen molar-refractivity contribution in [3.63, 3.8) is 0 Å². The monoisotopic (exact) mass is 420 g/mol. The van der Waals surface area contributed by atoms with Crippen molar-refractivity contribution >= 4 is 28.5 Å². The Morgan fingerprint density at radius 3 is 2.87 bits per heavy atom. The summed E-state index contributed by atoms with van der Waals surface area (Å²) in [7, 11) is 1.94. The lowest BCUT2D eigenvalue weighted by Crippen LogP contribution is -2.52. The van der Waals surface area contributed by atoms with E-state index in [9.17, 15) is 9.59 Å². The number of carbonyl (C=O) groups is 2. The number of likely N-dealkylation sites (N-methyl/N-ethyl adjacent to an activating group) is 1. The van der Waals surface area contributed by atoms with Crippen LogP contribution in [0.1, 0.15) is 24.0 Å². The minimum atomic E-state index is -0.678. The molecule has 0 unspecified atom stereocenters. The molecule has 0 bridgehead atoms. The first-order chi connectivity index (χ1) is 15.0. The van der Waals surface area contributed by atoms with Gasteiger partial charge in [0, 0.05) is 36.3 Å². The van der Waals surface area contributed by atoms with Crippen LogP contribution < -0.4 is 16.4 Å². The molecule has 5 N–H and O–H groups in total. The molecule has 0 saturated carbocycles. The van der Waals surface area contributed by atoms with Gasteiger partial charge in [-0.3, -0.25) is 14.5 Å². The van der Waals surface area contributed by atoms with Gasteiger partial charge in [-0.1, -0.05) is 24.3 Å². The number of likely N-dealkylation sites (tertiary alicyclic amines) is 1. The van der Waals surface area contributed by atoms with Gasteiger partial charge in [-0.05, 0) is 49.7 Å². The van der Waals surface area contributed by atoms with Gasteiger partial charge >= 0.3 is 0 Å². The number of H-pyrrole nitrogens is 1. The lowest BCUT2D eigenvalue weighted by molar-refractivity contribution is -0.131. The molecule has 0 aliphatic carbocycles. The predicted octanol–water partition coefficient (Wildman–Crippen LogP) is 1.58. The van der Waals surface area contributed by atoms with Crippen LogP contribution in [0.5, 0.6) is 0 Å². The van der Waals surface area contributed by atoms with Crippen molar-refractivity contribution < 1.29 is 9.59 Å². The van der Waals surface area contributed by atoms with Gasteiger partial charge in [0.25, 0.3) is 0 Å². The van der Waals surface area contributed by atoms with Gasteiger partial charge < -0.3 is 21.4 Å². The summed E-state index contributed by atoms with van der Waals surface area (Å²) in [6.45, 7) is 1.21. The number of amides is 2. The highest BCUT2D eigenvalue weighted by Crippen LogP contribution is 2.20. The minimum absolute atomic E-state index is 0.103. The van der Waals surface area contributed by atoms with Crippen molar-refractivity contribution in [1.29, 1.82) is 0 Å². The quantitative estimate of drug-likeness (QED) is 0.463. The zero-order valence-electron chi connectivity index (χ0n) is 17.6. The van der Waals surface area contributed by atoms with Crippen LogP contribution >= 0.6 is 0 Å². The third-order valence-electron chi connectivity index (χ3n) is 5.87. The summed E-state index contributed by atoms with van der Waals surface area (Å²) in [5.41, 5.74) is 8.46. The summed E-state index contributed by atoms with van der Waals surface area (Å²) >= 11 is 0. The second-order valence-electron chi connectivity index (χ2n) is 8.07. The molecular weight excluding hydrogens is 392 g/mol. The van der Waals surface area contributed by atoms with Crippen LogP contribution in [-0.2, 0) is 22.6 Å². The van der Waals surface area contributed by atoms with Gasteiger partial charge in [0.1, 0.15) is 11.9 Å². The van der Waals surface area contributed by atoms with E-state index in [0.717, 1.165) is 41.4 Å². The molecule has 8 nitrogen and oxygen atoms in total. The Kier molecular flexibility index (Phi) is 6.18. The van der Waals surface area contributed by atoms with E-state index in [2.05, 4.69) is 20.6 Å². The van der Waals surface area contributed by atoms with Crippen LogP contribution in [-0.4, -0.2) is 52.4 Å². The standard InChI is InChI=1S/C23H28N6O2/c1-29-10-4-7-20(29)23(31)28-19(11-16-14-25-18-6-3-2-5-17(16)18)22(30)27-13-15-8-9-21(24)26-12-15/h2-3,5-6,8-9,12,14,19-20,25H,4,7,10-11,13H2,1H3,(H2,24,26)(H,27,30)(H,28,31)/t19-,20+/m0/s1. The number of carbonyl (C=O) groups excluding carboxylic acids is 2. The van der Waals surface area contributed by atoms with E-state index >= 15 is 0 Å². The van der Waals surface area contributed by atoms with Crippen LogP contribution in [0.4, 0.5) is 5.82 Å². The molecule has 2 atom stereocenters. The van der Waals surface area contributed by atoms with Gasteiger partial charge in [0.05, 0.1) is 6.04 Å². The Balaban J connectivity index is 1.50. The molecular formula is C23H28N6O2. The van der Waals surface area contributed by atoms with E-state index in [0.29, 0.717) is 18.8 Å². The summed E-state index contributed by atoms with van der Waals surface area (Å²) in [4.78, 5) is 35.3. The fourth-order valence-electron chi connectivity index (χ4n) is 4.09. The highest BCUT2D eigenvalue weighted by atomic mass is 16.2. The number of nitrogens with two attached hydrogens (primary N) is 1. The topological polar surface area (TPSA) is 116 Å². The zero-order chi connectivity index (χ0) is 21.8. The van der Waals surface area contributed by atoms with E-state index in [1.807, 2.05) is 48.5 Å². The molecule has 8 heteroatoms. The largest absolute Gasteiger partial charge is 0.384 e. The highest BCUT2D eigenvalue weighted by Gasteiger charge is 2.31. The van der Waals surface area contributed by atoms with Crippen LogP contribution in [0.15, 0.2) is 48.8 Å². The lowest BCUT2D eigenvalue weighted by atomic mass is 10.0. The lowest BCUT2D eigenvalue weighted by Gasteiger charge is -2.23. The summed E-state index contributed by atoms with van der Waals surface area (Å²) in [5.74, 6) is 0.102. The van der Waals surface area contributed by atoms with Gasteiger partial charge in [-0.25, -0.2) is 4.98 Å². The second-order valence-corrected chi connectivity index (χ2v) is 8.07. The maximum Gasteiger partial charge on any atom is 0.243 e. The highest BCUT2D eigenvalue weighted by molar-refractivity contribution is 5.91. The number of fused-ring (bicyclic) bond motifs is 1. The molecule has 1 saturated heterocycles. The molecule has 4 rings (SSSR count). The molecule has 1 aromatic carbocycles. The van der Waals surface area contributed by atoms with E-state index in [-0.39, 0.29) is 17.9 Å². The van der Waals surface area contributed by atoms with Crippen LogP contribution in [0, 0.1) is 0 Å². The summed E-state index contributed by atoms with van der Waals surface area (Å²) in [6, 6.07) is 10.6. The molecule has 2 aromatic heterocycles. The fourth-order valence-corrected chi connectivity index (χ4v) is 4.09. The van der Waals surface area contributed by atoms with Crippen LogP contribution in [0.2, 0.25) is 0 Å². The summed E-state index contributed by atoms with van der Waals surface area (Å²) < 4.78 is 0. The van der Waals surface area contributed by atoms with Crippen molar-refractivity contribution in [2.45, 2.75) is 37.9 Å². The first-order valence-electron chi connectivity index (χ1n) is 10.5. The summed E-state index contributed by atoms with van der Waals surface area (Å²) in [6.07, 6.45) is 5.73. The number of anilines is 1. The Labute approximate surface area is 181 Å². The number of nitrogens with one attached hydrogen (secondary N) is 3. The number of hydrogen-bond acceptors (Lipinski definition) is 5. The van der Waals surface area contributed by atoms with E-state index in [1.165, 1.54) is 0 Å². The van der Waals surface area contributed by atoms with Crippen molar-refractivity contribution in [2.75, 3.05) is 19.3 Å². The average Bonchev–Trinajstić information content (AvgIpc) is 3.39. The fraction of sp³-hybridized carbons (Fsp3) is 0.348. The van der Waals surface area contributed by atoms with E-state index in [1.54, 1.807) is 12.3 Å². The van der Waals surface area contributed by atoms with Gasteiger partial charge in [-0.15, -0.1) is 0 Å². The Morgan fingerprint density at radius 2 is 2.13 bits per heavy atom. The molecule has 2 amide bonds. The summed E-state index contributed by atoms with van der Waals surface area (Å²) in [5, 5.41) is 6.97. The van der Waals surface area contributed by atoms with Gasteiger partial charge in [-0.2, -0.15) is 0 Å². The van der Waals surface area contributed by atoms with Crippen LogP contribution in [0.25, 0.3) is 10.9 Å². The number of pyridine rings is 1. The number of aromatic amines is 1. The number of benzene rings is 1.